The van der Waals surface area contributed by atoms with Crippen molar-refractivity contribution in [2.45, 2.75) is 6.42 Å². The molecule has 0 aliphatic heterocycles. The third kappa shape index (κ3) is 4.93. The normalized spacial score (nSPS) is 9.45. The molecule has 0 spiro atoms. The summed E-state index contributed by atoms with van der Waals surface area (Å²) in [6, 6.07) is 6.18. The van der Waals surface area contributed by atoms with Crippen molar-refractivity contribution in [3.8, 4) is 0 Å². The Morgan fingerprint density at radius 1 is 1.20 bits per heavy atom. The summed E-state index contributed by atoms with van der Waals surface area (Å²) in [5.41, 5.74) is 0.883. The quantitative estimate of drug-likeness (QED) is 0.463. The Labute approximate surface area is 116 Å². The highest BCUT2D eigenvalue weighted by Gasteiger charge is 2.09. The van der Waals surface area contributed by atoms with Crippen LogP contribution in [-0.2, 0) is 14.3 Å². The zero-order valence-corrected chi connectivity index (χ0v) is 11.1. The van der Waals surface area contributed by atoms with Crippen LogP contribution in [0.15, 0.2) is 36.9 Å². The number of rotatable bonds is 6. The molecule has 20 heavy (non-hydrogen) atoms. The summed E-state index contributed by atoms with van der Waals surface area (Å²) in [6.45, 7) is 3.78. The Kier molecular flexibility index (Phi) is 5.96. The third-order valence-corrected chi connectivity index (χ3v) is 2.35. The molecule has 0 atom stereocenters. The summed E-state index contributed by atoms with van der Waals surface area (Å²) < 4.78 is 4.56. The van der Waals surface area contributed by atoms with Crippen LogP contribution < -0.4 is 10.6 Å². The lowest BCUT2D eigenvalue weighted by molar-refractivity contribution is -0.126. The zero-order valence-electron chi connectivity index (χ0n) is 11.1. The van der Waals surface area contributed by atoms with E-state index in [0.29, 0.717) is 17.8 Å². The molecular weight excluding hydrogens is 260 g/mol. The smallest absolute Gasteiger partial charge is 0.337 e. The molecule has 6 heteroatoms. The van der Waals surface area contributed by atoms with Gasteiger partial charge in [-0.2, -0.15) is 0 Å². The van der Waals surface area contributed by atoms with Crippen LogP contribution in [0.25, 0.3) is 0 Å². The summed E-state index contributed by atoms with van der Waals surface area (Å²) >= 11 is 0. The molecule has 0 aromatic heterocycles. The summed E-state index contributed by atoms with van der Waals surface area (Å²) in [5, 5.41) is 5.06. The van der Waals surface area contributed by atoms with E-state index in [9.17, 15) is 14.4 Å². The van der Waals surface area contributed by atoms with Crippen LogP contribution in [-0.4, -0.2) is 31.4 Å². The van der Waals surface area contributed by atoms with Crippen LogP contribution in [0.5, 0.6) is 0 Å². The van der Waals surface area contributed by atoms with Gasteiger partial charge in [0.15, 0.2) is 0 Å². The van der Waals surface area contributed by atoms with Gasteiger partial charge >= 0.3 is 5.97 Å². The van der Waals surface area contributed by atoms with Crippen LogP contribution in [0.2, 0.25) is 0 Å². The number of carbonyl (C=O) groups excluding carboxylic acids is 3. The highest BCUT2D eigenvalue weighted by Crippen LogP contribution is 2.10. The van der Waals surface area contributed by atoms with E-state index in [2.05, 4.69) is 21.9 Å². The second kappa shape index (κ2) is 7.73. The molecule has 0 unspecified atom stereocenters. The molecular formula is C14H16N2O4. The predicted octanol–water partition coefficient (Wildman–Crippen LogP) is 1.10. The first-order valence-corrected chi connectivity index (χ1v) is 5.92. The van der Waals surface area contributed by atoms with Crippen LogP contribution in [0.1, 0.15) is 16.8 Å². The van der Waals surface area contributed by atoms with Crippen molar-refractivity contribution in [1.29, 1.82) is 0 Å². The molecule has 0 saturated heterocycles. The van der Waals surface area contributed by atoms with Gasteiger partial charge in [-0.15, -0.1) is 6.58 Å². The van der Waals surface area contributed by atoms with Gasteiger partial charge in [-0.1, -0.05) is 6.08 Å². The largest absolute Gasteiger partial charge is 0.465 e. The van der Waals surface area contributed by atoms with Crippen molar-refractivity contribution in [2.75, 3.05) is 19.0 Å². The first-order chi connectivity index (χ1) is 9.56. The average Bonchev–Trinajstić information content (AvgIpc) is 2.45. The molecule has 1 rings (SSSR count). The summed E-state index contributed by atoms with van der Waals surface area (Å²) in [4.78, 5) is 34.1. The lowest BCUT2D eigenvalue weighted by atomic mass is 10.2. The van der Waals surface area contributed by atoms with Gasteiger partial charge in [0, 0.05) is 12.2 Å². The van der Waals surface area contributed by atoms with E-state index in [1.165, 1.54) is 25.3 Å². The Balaban J connectivity index is 2.52. The van der Waals surface area contributed by atoms with Crippen molar-refractivity contribution in [3.63, 3.8) is 0 Å². The van der Waals surface area contributed by atoms with Gasteiger partial charge in [0.1, 0.15) is 6.42 Å². The predicted molar refractivity (Wildman–Crippen MR) is 74.2 cm³/mol. The topological polar surface area (TPSA) is 84.5 Å². The van der Waals surface area contributed by atoms with Gasteiger partial charge in [0.05, 0.1) is 12.7 Å². The van der Waals surface area contributed by atoms with E-state index in [1.54, 1.807) is 12.1 Å². The summed E-state index contributed by atoms with van der Waals surface area (Å²) in [5.74, 6) is -1.27. The number of nitrogens with one attached hydrogen (secondary N) is 2. The lowest BCUT2D eigenvalue weighted by Gasteiger charge is -2.06. The summed E-state index contributed by atoms with van der Waals surface area (Å²) in [7, 11) is 1.29. The number of ether oxygens (including phenoxy) is 1. The molecule has 0 bridgehead atoms. The number of benzene rings is 1. The van der Waals surface area contributed by atoms with Crippen LogP contribution in [0.3, 0.4) is 0 Å². The number of hydrogen-bond donors (Lipinski definition) is 2. The van der Waals surface area contributed by atoms with E-state index in [1.807, 2.05) is 0 Å². The van der Waals surface area contributed by atoms with Crippen LogP contribution in [0.4, 0.5) is 5.69 Å². The second-order valence-corrected chi connectivity index (χ2v) is 3.89. The summed E-state index contributed by atoms with van der Waals surface area (Å²) in [6.07, 6.45) is 1.26. The molecule has 0 aliphatic rings. The van der Waals surface area contributed by atoms with Gasteiger partial charge in [-0.25, -0.2) is 4.79 Å². The van der Waals surface area contributed by atoms with E-state index in [4.69, 9.17) is 0 Å². The number of carbonyl (C=O) groups is 3. The Morgan fingerprint density at radius 3 is 2.40 bits per heavy atom. The first kappa shape index (κ1) is 15.4. The highest BCUT2D eigenvalue weighted by atomic mass is 16.5. The fraction of sp³-hybridized carbons (Fsp3) is 0.214. The number of methoxy groups -OCH3 is 1. The molecule has 2 amide bonds. The van der Waals surface area contributed by atoms with E-state index in [-0.39, 0.29) is 12.3 Å². The number of esters is 1. The monoisotopic (exact) mass is 276 g/mol. The van der Waals surface area contributed by atoms with Crippen LogP contribution >= 0.6 is 0 Å². The molecule has 0 aliphatic carbocycles. The minimum atomic E-state index is -0.452. The third-order valence-electron chi connectivity index (χ3n) is 2.35. The molecule has 6 nitrogen and oxygen atoms in total. The number of anilines is 1. The van der Waals surface area contributed by atoms with E-state index >= 15 is 0 Å². The van der Waals surface area contributed by atoms with Crippen molar-refractivity contribution in [2.24, 2.45) is 0 Å². The first-order valence-electron chi connectivity index (χ1n) is 5.92. The van der Waals surface area contributed by atoms with Gasteiger partial charge in [0.25, 0.3) is 0 Å². The molecule has 0 radical (unpaired) electrons. The zero-order chi connectivity index (χ0) is 15.0. The maximum Gasteiger partial charge on any atom is 0.337 e. The fourth-order valence-corrected chi connectivity index (χ4v) is 1.41. The highest BCUT2D eigenvalue weighted by molar-refractivity contribution is 6.03. The lowest BCUT2D eigenvalue weighted by Crippen LogP contribution is -2.28. The number of hydrogen-bond acceptors (Lipinski definition) is 4. The van der Waals surface area contributed by atoms with Gasteiger partial charge in [-0.3, -0.25) is 9.59 Å². The van der Waals surface area contributed by atoms with Crippen molar-refractivity contribution < 1.29 is 19.1 Å². The minimum Gasteiger partial charge on any atom is -0.465 e. The van der Waals surface area contributed by atoms with Crippen LogP contribution in [0, 0.1) is 0 Å². The molecule has 0 fully saturated rings. The van der Waals surface area contributed by atoms with Crippen molar-refractivity contribution in [3.05, 3.63) is 42.5 Å². The maximum atomic E-state index is 11.6. The Bertz CT molecular complexity index is 508. The van der Waals surface area contributed by atoms with Crippen molar-refractivity contribution >= 4 is 23.5 Å². The maximum absolute atomic E-state index is 11.6. The van der Waals surface area contributed by atoms with Gasteiger partial charge in [-0.05, 0) is 24.3 Å². The second-order valence-electron chi connectivity index (χ2n) is 3.89. The molecule has 1 aromatic carbocycles. The molecule has 106 valence electrons. The fourth-order valence-electron chi connectivity index (χ4n) is 1.41. The van der Waals surface area contributed by atoms with E-state index in [0.717, 1.165) is 0 Å². The van der Waals surface area contributed by atoms with Crippen molar-refractivity contribution in [1.82, 2.24) is 5.32 Å². The molecule has 0 heterocycles. The molecule has 0 saturated carbocycles. The Hall–Kier alpha value is -2.63. The SMILES string of the molecule is C=CCNC(=O)CC(=O)Nc1ccc(C(=O)OC)cc1. The molecule has 2 N–H and O–H groups in total. The average molecular weight is 276 g/mol. The van der Waals surface area contributed by atoms with E-state index < -0.39 is 11.9 Å². The minimum absolute atomic E-state index is 0.271. The Morgan fingerprint density at radius 2 is 1.85 bits per heavy atom. The number of amides is 2. The van der Waals surface area contributed by atoms with Gasteiger partial charge in [0.2, 0.25) is 11.8 Å². The van der Waals surface area contributed by atoms with Gasteiger partial charge < -0.3 is 15.4 Å². The molecule has 1 aromatic rings. The standard InChI is InChI=1S/C14H16N2O4/c1-3-8-15-12(17)9-13(18)16-11-6-4-10(5-7-11)14(19)20-2/h3-7H,1,8-9H2,2H3,(H,15,17)(H,16,18).